The lowest BCUT2D eigenvalue weighted by Crippen LogP contribution is -2.73. The van der Waals surface area contributed by atoms with Crippen LogP contribution in [0.5, 0.6) is 0 Å². The zero-order chi connectivity index (χ0) is 21.8. The highest BCUT2D eigenvalue weighted by Crippen LogP contribution is 2.30. The lowest BCUT2D eigenvalue weighted by Gasteiger charge is -2.46. The molecule has 0 radical (unpaired) electrons. The highest BCUT2D eigenvalue weighted by atomic mass is 16.7. The minimum Gasteiger partial charge on any atom is -0.342 e. The predicted molar refractivity (Wildman–Crippen MR) is 114 cm³/mol. The van der Waals surface area contributed by atoms with E-state index >= 15 is 0 Å². The van der Waals surface area contributed by atoms with Crippen molar-refractivity contribution in [3.63, 3.8) is 0 Å². The van der Waals surface area contributed by atoms with Gasteiger partial charge >= 0.3 is 0 Å². The number of rotatable bonds is 6. The highest BCUT2D eigenvalue weighted by molar-refractivity contribution is 5.95. The third kappa shape index (κ3) is 4.39. The molecule has 1 saturated heterocycles. The van der Waals surface area contributed by atoms with Crippen molar-refractivity contribution in [3.05, 3.63) is 83.4 Å². The van der Waals surface area contributed by atoms with E-state index < -0.39 is 24.1 Å². The SMILES string of the molecule is CC1=CC=NN2C(=O)[C@H](NC(=O)Cc3ccccc3)[C@H]2[C@H]1ONC(=O)c1ccccc1. The molecule has 3 atom stereocenters. The number of β-lactam (4-membered cyclic amide) rings is 1. The molecule has 0 aromatic heterocycles. The molecule has 0 bridgehead atoms. The molecule has 3 amide bonds. The molecule has 8 nitrogen and oxygen atoms in total. The second-order valence-corrected chi connectivity index (χ2v) is 7.39. The van der Waals surface area contributed by atoms with Gasteiger partial charge in [0.05, 0.1) is 6.42 Å². The summed E-state index contributed by atoms with van der Waals surface area (Å²) < 4.78 is 0. The van der Waals surface area contributed by atoms with Crippen molar-refractivity contribution in [1.29, 1.82) is 0 Å². The number of carbonyl (C=O) groups is 3. The van der Waals surface area contributed by atoms with Crippen LogP contribution in [0.4, 0.5) is 0 Å². The van der Waals surface area contributed by atoms with E-state index in [1.807, 2.05) is 43.3 Å². The molecule has 2 N–H and O–H groups in total. The quantitative estimate of drug-likeness (QED) is 0.550. The van der Waals surface area contributed by atoms with Crippen molar-refractivity contribution in [1.82, 2.24) is 15.8 Å². The van der Waals surface area contributed by atoms with E-state index in [-0.39, 0.29) is 18.2 Å². The van der Waals surface area contributed by atoms with Crippen LogP contribution in [0.2, 0.25) is 0 Å². The lowest BCUT2D eigenvalue weighted by atomic mass is 9.88. The van der Waals surface area contributed by atoms with Crippen LogP contribution in [0.3, 0.4) is 0 Å². The van der Waals surface area contributed by atoms with E-state index in [1.165, 1.54) is 11.2 Å². The van der Waals surface area contributed by atoms with Crippen LogP contribution in [0, 0.1) is 0 Å². The summed E-state index contributed by atoms with van der Waals surface area (Å²) in [6.45, 7) is 1.82. The van der Waals surface area contributed by atoms with E-state index in [1.54, 1.807) is 30.3 Å². The zero-order valence-corrected chi connectivity index (χ0v) is 16.9. The maximum atomic E-state index is 12.6. The van der Waals surface area contributed by atoms with Gasteiger partial charge in [0, 0.05) is 11.8 Å². The van der Waals surface area contributed by atoms with Gasteiger partial charge in [-0.1, -0.05) is 48.5 Å². The molecule has 158 valence electrons. The van der Waals surface area contributed by atoms with Crippen molar-refractivity contribution in [3.8, 4) is 0 Å². The molecular formula is C23H22N4O4. The number of benzene rings is 2. The number of allylic oxidation sites excluding steroid dienone is 1. The number of hydrazone groups is 1. The van der Waals surface area contributed by atoms with Crippen LogP contribution in [-0.4, -0.2) is 47.1 Å². The van der Waals surface area contributed by atoms with Crippen molar-refractivity contribution in [2.45, 2.75) is 31.5 Å². The van der Waals surface area contributed by atoms with Gasteiger partial charge in [-0.2, -0.15) is 5.10 Å². The Kier molecular flexibility index (Phi) is 5.90. The van der Waals surface area contributed by atoms with Crippen LogP contribution in [0.15, 0.2) is 77.4 Å². The molecule has 2 aromatic rings. The Bertz CT molecular complexity index is 1040. The Morgan fingerprint density at radius 3 is 2.45 bits per heavy atom. The van der Waals surface area contributed by atoms with Gasteiger partial charge in [0.15, 0.2) is 0 Å². The summed E-state index contributed by atoms with van der Waals surface area (Å²) in [6.07, 6.45) is 2.71. The van der Waals surface area contributed by atoms with Crippen LogP contribution in [0.1, 0.15) is 22.8 Å². The molecule has 8 heteroatoms. The minimum atomic E-state index is -0.798. The number of amides is 3. The second-order valence-electron chi connectivity index (χ2n) is 7.39. The predicted octanol–water partition coefficient (Wildman–Crippen LogP) is 1.60. The van der Waals surface area contributed by atoms with Crippen molar-refractivity contribution in [2.75, 3.05) is 0 Å². The van der Waals surface area contributed by atoms with Crippen molar-refractivity contribution >= 4 is 23.9 Å². The normalized spacial score (nSPS) is 22.0. The molecule has 2 aliphatic heterocycles. The van der Waals surface area contributed by atoms with Crippen LogP contribution in [0.25, 0.3) is 0 Å². The summed E-state index contributed by atoms with van der Waals surface area (Å²) in [5.41, 5.74) is 4.51. The van der Waals surface area contributed by atoms with Gasteiger partial charge in [-0.25, -0.2) is 10.5 Å². The molecule has 0 saturated carbocycles. The van der Waals surface area contributed by atoms with Gasteiger partial charge in [0.25, 0.3) is 11.8 Å². The largest absolute Gasteiger partial charge is 0.342 e. The first kappa shape index (κ1) is 20.5. The molecule has 31 heavy (non-hydrogen) atoms. The Morgan fingerprint density at radius 2 is 1.74 bits per heavy atom. The Balaban J connectivity index is 1.45. The average Bonchev–Trinajstić information content (AvgIpc) is 2.93. The van der Waals surface area contributed by atoms with Gasteiger partial charge in [0.2, 0.25) is 5.91 Å². The molecular weight excluding hydrogens is 396 g/mol. The molecule has 1 fully saturated rings. The van der Waals surface area contributed by atoms with Crippen LogP contribution in [-0.2, 0) is 20.8 Å². The Hall–Kier alpha value is -3.78. The van der Waals surface area contributed by atoms with Gasteiger partial charge < -0.3 is 5.32 Å². The molecule has 0 unspecified atom stereocenters. The first-order valence-corrected chi connectivity index (χ1v) is 9.93. The van der Waals surface area contributed by atoms with Crippen molar-refractivity contribution < 1.29 is 19.2 Å². The average molecular weight is 418 g/mol. The Labute approximate surface area is 179 Å². The van der Waals surface area contributed by atoms with E-state index in [0.29, 0.717) is 5.56 Å². The maximum absolute atomic E-state index is 12.6. The molecule has 4 rings (SSSR count). The third-order valence-electron chi connectivity index (χ3n) is 5.24. The number of hydrogen-bond donors (Lipinski definition) is 2. The minimum absolute atomic E-state index is 0.158. The molecule has 0 spiro atoms. The molecule has 2 aromatic carbocycles. The standard InChI is InChI=1S/C23H22N4O4/c1-15-12-13-24-27-20(21(15)31-26-22(29)17-10-6-3-7-11-17)19(23(27)30)25-18(28)14-16-8-4-2-5-9-16/h2-13,19-21H,14H2,1H3,(H,25,28)(H,26,29)/t19-,20+,21+/m1/s1. The number of hydrogen-bond acceptors (Lipinski definition) is 5. The number of carbonyl (C=O) groups excluding carboxylic acids is 3. The highest BCUT2D eigenvalue weighted by Gasteiger charge is 2.54. The van der Waals surface area contributed by atoms with Crippen LogP contribution < -0.4 is 10.8 Å². The fourth-order valence-electron chi connectivity index (χ4n) is 3.60. The van der Waals surface area contributed by atoms with Crippen molar-refractivity contribution in [2.24, 2.45) is 5.10 Å². The van der Waals surface area contributed by atoms with E-state index in [0.717, 1.165) is 11.1 Å². The van der Waals surface area contributed by atoms with E-state index in [9.17, 15) is 14.4 Å². The summed E-state index contributed by atoms with van der Waals surface area (Å²) in [6, 6.07) is 16.6. The lowest BCUT2D eigenvalue weighted by molar-refractivity contribution is -0.163. The fourth-order valence-corrected chi connectivity index (χ4v) is 3.60. The first-order valence-electron chi connectivity index (χ1n) is 9.93. The summed E-state index contributed by atoms with van der Waals surface area (Å²) in [4.78, 5) is 43.2. The number of fused-ring (bicyclic) bond motifs is 1. The summed E-state index contributed by atoms with van der Waals surface area (Å²) >= 11 is 0. The fraction of sp³-hybridized carbons (Fsp3) is 0.217. The summed E-state index contributed by atoms with van der Waals surface area (Å²) in [5.74, 6) is -1.000. The molecule has 2 aliphatic rings. The van der Waals surface area contributed by atoms with Gasteiger partial charge in [0.1, 0.15) is 18.2 Å². The molecule has 2 heterocycles. The van der Waals surface area contributed by atoms with E-state index in [4.69, 9.17) is 4.84 Å². The summed E-state index contributed by atoms with van der Waals surface area (Å²) in [7, 11) is 0. The zero-order valence-electron chi connectivity index (χ0n) is 16.9. The molecule has 0 aliphatic carbocycles. The topological polar surface area (TPSA) is 100 Å². The number of nitrogens with zero attached hydrogens (tertiary/aromatic N) is 2. The Morgan fingerprint density at radius 1 is 1.06 bits per heavy atom. The van der Waals surface area contributed by atoms with Crippen LogP contribution >= 0.6 is 0 Å². The monoisotopic (exact) mass is 418 g/mol. The number of hydroxylamine groups is 1. The third-order valence-corrected chi connectivity index (χ3v) is 5.24. The first-order chi connectivity index (χ1) is 15.0. The maximum Gasteiger partial charge on any atom is 0.274 e. The van der Waals surface area contributed by atoms with Gasteiger partial charge in [-0.15, -0.1) is 0 Å². The van der Waals surface area contributed by atoms with E-state index in [2.05, 4.69) is 15.9 Å². The summed E-state index contributed by atoms with van der Waals surface area (Å²) in [5, 5.41) is 8.20. The van der Waals surface area contributed by atoms with Gasteiger partial charge in [-0.3, -0.25) is 19.2 Å². The smallest absolute Gasteiger partial charge is 0.274 e. The van der Waals surface area contributed by atoms with Gasteiger partial charge in [-0.05, 0) is 36.3 Å². The second kappa shape index (κ2) is 8.93. The number of nitrogens with one attached hydrogen (secondary N) is 2.